The van der Waals surface area contributed by atoms with E-state index in [9.17, 15) is 30.3 Å². The molecule has 7 atom stereocenters. The van der Waals surface area contributed by atoms with Crippen LogP contribution in [0, 0.1) is 34.5 Å². The molecule has 0 radical (unpaired) electrons. The Morgan fingerprint density at radius 1 is 0.958 bits per heavy atom. The fourth-order valence-corrected chi connectivity index (χ4v) is 14.8. The largest absolute Gasteiger partial charge is 0.875 e. The summed E-state index contributed by atoms with van der Waals surface area (Å²) in [7, 11) is 3.42. The number of carbonyl (C=O) groups is 1. The number of hydrogen-bond donors (Lipinski definition) is 6. The van der Waals surface area contributed by atoms with Crippen molar-refractivity contribution in [1.82, 2.24) is 0 Å². The highest BCUT2D eigenvalue weighted by atomic mass is 33.1. The van der Waals surface area contributed by atoms with Crippen molar-refractivity contribution in [2.75, 3.05) is 12.4 Å². The van der Waals surface area contributed by atoms with Crippen LogP contribution in [-0.2, 0) is 29.8 Å². The van der Waals surface area contributed by atoms with Crippen molar-refractivity contribution < 1.29 is 35.1 Å². The van der Waals surface area contributed by atoms with Gasteiger partial charge < -0.3 is 41.7 Å². The molecule has 8 N–H and O–H groups in total. The average molecular weight is 993 g/mol. The summed E-state index contributed by atoms with van der Waals surface area (Å²) in [5.41, 5.74) is 20.1. The predicted molar refractivity (Wildman–Crippen MR) is 283 cm³/mol. The van der Waals surface area contributed by atoms with E-state index in [1.807, 2.05) is 37.3 Å². The second-order valence-electron chi connectivity index (χ2n) is 20.7. The van der Waals surface area contributed by atoms with Gasteiger partial charge in [-0.15, -0.1) is 5.76 Å². The number of carbonyl (C=O) groups excluding carboxylic acids is 1. The third-order valence-corrected chi connectivity index (χ3v) is 18.3. The third-order valence-electron chi connectivity index (χ3n) is 15.8. The lowest BCUT2D eigenvalue weighted by Gasteiger charge is -2.45. The van der Waals surface area contributed by atoms with Gasteiger partial charge in [-0.1, -0.05) is 94.1 Å². The van der Waals surface area contributed by atoms with E-state index in [-0.39, 0.29) is 59.7 Å². The van der Waals surface area contributed by atoms with E-state index in [1.165, 1.54) is 5.56 Å². The van der Waals surface area contributed by atoms with Crippen LogP contribution in [0.25, 0.3) is 0 Å². The van der Waals surface area contributed by atoms with Crippen LogP contribution in [0.15, 0.2) is 120 Å². The molecule has 372 valence electrons. The monoisotopic (exact) mass is 992 g/mol. The molecule has 2 saturated carbocycles. The summed E-state index contributed by atoms with van der Waals surface area (Å²) in [6, 6.07) is 25.1. The number of rotatable bonds is 8. The predicted octanol–water partition coefficient (Wildman–Crippen LogP) is 9.40. The van der Waals surface area contributed by atoms with Gasteiger partial charge in [-0.05, 0) is 164 Å². The van der Waals surface area contributed by atoms with Crippen LogP contribution in [0.4, 0.5) is 0 Å². The highest BCUT2D eigenvalue weighted by Crippen LogP contribution is 2.64. The van der Waals surface area contributed by atoms with Crippen LogP contribution in [0.2, 0.25) is 0 Å². The lowest BCUT2D eigenvalue weighted by Crippen LogP contribution is -2.38. The number of nitrogens with zero attached hydrogens (tertiary/aromatic N) is 1. The fourth-order valence-electron chi connectivity index (χ4n) is 12.0. The van der Waals surface area contributed by atoms with E-state index in [0.717, 1.165) is 66.3 Å². The average Bonchev–Trinajstić information content (AvgIpc) is 3.92. The van der Waals surface area contributed by atoms with Crippen molar-refractivity contribution in [3.05, 3.63) is 159 Å². The molecule has 5 aliphatic rings. The summed E-state index contributed by atoms with van der Waals surface area (Å²) in [5, 5.41) is 59.7. The first-order chi connectivity index (χ1) is 34.3. The van der Waals surface area contributed by atoms with Crippen LogP contribution in [0.1, 0.15) is 128 Å². The van der Waals surface area contributed by atoms with Gasteiger partial charge in [-0.3, -0.25) is 9.79 Å². The number of aliphatic hydroxyl groups excluding tert-OH is 2. The smallest absolute Gasteiger partial charge is 0.161 e. The molecule has 0 spiro atoms. The molecule has 0 aromatic heterocycles. The molecule has 2 aliphatic heterocycles. The number of benzene rings is 4. The Balaban J connectivity index is 1.07. The summed E-state index contributed by atoms with van der Waals surface area (Å²) in [5.74, 6) is 8.06. The zero-order chi connectivity index (χ0) is 49.7. The highest BCUT2D eigenvalue weighted by Gasteiger charge is 2.59. The zero-order valence-corrected chi connectivity index (χ0v) is 42.2. The lowest BCUT2D eigenvalue weighted by molar-refractivity contribution is -0.307. The number of aromatic hydroxyl groups is 2. The minimum Gasteiger partial charge on any atom is -0.875 e. The molecule has 8 bridgehead atoms. The van der Waals surface area contributed by atoms with Crippen LogP contribution >= 0.6 is 21.6 Å². The highest BCUT2D eigenvalue weighted by molar-refractivity contribution is 8.76. The second kappa shape index (κ2) is 22.2. The molecule has 2 fully saturated rings. The third kappa shape index (κ3) is 11.7. The lowest BCUT2D eigenvalue weighted by atomic mass is 9.60. The molecule has 0 saturated heterocycles. The minimum absolute atomic E-state index is 0.00472. The van der Waals surface area contributed by atoms with Gasteiger partial charge in [0.25, 0.3) is 0 Å². The van der Waals surface area contributed by atoms with Crippen LogP contribution < -0.4 is 21.3 Å². The first-order valence-corrected chi connectivity index (χ1v) is 27.7. The maximum absolute atomic E-state index is 14.3. The van der Waals surface area contributed by atoms with E-state index < -0.39 is 29.7 Å². The number of fused-ring (bicyclic) bond motifs is 7. The number of aryl methyl sites for hydroxylation is 2. The van der Waals surface area contributed by atoms with E-state index in [2.05, 4.69) is 53.2 Å². The van der Waals surface area contributed by atoms with Crippen molar-refractivity contribution in [2.24, 2.45) is 39.1 Å². The molecule has 4 aromatic carbocycles. The molecular weight excluding hydrogens is 927 g/mol. The Labute approximate surface area is 426 Å². The Hall–Kier alpha value is -5.26. The van der Waals surface area contributed by atoms with Crippen molar-refractivity contribution in [3.8, 4) is 29.1 Å². The summed E-state index contributed by atoms with van der Waals surface area (Å²) >= 11 is 0. The number of ketones is 1. The van der Waals surface area contributed by atoms with Crippen LogP contribution in [0.3, 0.4) is 0 Å². The number of aliphatic imine (C=N–C) groups is 1. The number of aliphatic hydroxyl groups is 2. The summed E-state index contributed by atoms with van der Waals surface area (Å²) in [4.78, 5) is 18.3. The van der Waals surface area contributed by atoms with Crippen LogP contribution in [0.5, 0.6) is 17.2 Å². The van der Waals surface area contributed by atoms with Crippen molar-refractivity contribution in [3.63, 3.8) is 0 Å². The number of allylic oxidation sites excluding steroid dienone is 5. The normalized spacial score (nSPS) is 25.9. The SMILES string of the molecule is C[C@H](O)C[C@H](CCc1ccccc1)C[C@H]1CC[C@]23CSSCc4cc5c(cc4C(N)N)C#CCC4=NC=CC4=C([O-])C[C@H]5c4cc(ccc4O)CCOc4cc(ccc4O)CCC(=O)/C=C\[C@]1(C[C@@H]2O)C3. The summed E-state index contributed by atoms with van der Waals surface area (Å²) in [6.45, 7) is 2.09. The van der Waals surface area contributed by atoms with Gasteiger partial charge in [-0.25, -0.2) is 0 Å². The van der Waals surface area contributed by atoms with E-state index >= 15 is 0 Å². The van der Waals surface area contributed by atoms with Gasteiger partial charge in [0.05, 0.1) is 37.1 Å². The van der Waals surface area contributed by atoms with E-state index in [4.69, 9.17) is 16.2 Å². The number of ether oxygens (including phenoxy) is 1. The Morgan fingerprint density at radius 2 is 1.76 bits per heavy atom. The molecule has 0 amide bonds. The van der Waals surface area contributed by atoms with E-state index in [1.54, 1.807) is 58.1 Å². The maximum atomic E-state index is 14.3. The number of phenols is 2. The summed E-state index contributed by atoms with van der Waals surface area (Å²) < 4.78 is 6.19. The summed E-state index contributed by atoms with van der Waals surface area (Å²) in [6.07, 6.45) is 13.6. The molecule has 3 aliphatic carbocycles. The van der Waals surface area contributed by atoms with E-state index in [0.29, 0.717) is 71.8 Å². The molecule has 4 aromatic rings. The van der Waals surface area contributed by atoms with Gasteiger partial charge in [0.15, 0.2) is 17.3 Å². The molecule has 71 heavy (non-hydrogen) atoms. The zero-order valence-electron chi connectivity index (χ0n) is 40.5. The minimum atomic E-state index is -0.805. The Kier molecular flexibility index (Phi) is 15.9. The van der Waals surface area contributed by atoms with Gasteiger partial charge in [0.2, 0.25) is 0 Å². The van der Waals surface area contributed by atoms with Crippen LogP contribution in [-0.4, -0.2) is 56.5 Å². The number of nitrogens with two attached hydrogens (primary N) is 2. The standard InChI is InChI=1S/C59H67N3O7S2/c1-37(63)26-41(11-10-38-6-3-2-4-7-38)27-44-18-22-59-35-58(44,33-56(59)68)23-19-45(64)15-12-39-14-17-53(66)55(29-39)69-25-21-40-13-16-52(65)50(28-40)49-32-54(67)46-20-24-62-51(46)9-5-8-42-30-48(57(60)61)43(31-47(42)49)34-70-71-36-59/h2-4,6-7,13-14,16-17,19-20,23-24,28-31,37,41,44,49,56-57,63,65-68H,9-12,15,18,21-22,25-27,32-36,60-61H2,1H3/p-1/b23-19-,54-46?/t37-,41-,44+,49+,56-,58-,59-/m0/s1. The number of phenolic OH excluding ortho intramolecular Hbond substituents is 2. The number of hydrogen-bond acceptors (Lipinski definition) is 12. The quantitative estimate of drug-likeness (QED) is 0.0560. The topological polar surface area (TPSA) is 195 Å². The van der Waals surface area contributed by atoms with Gasteiger partial charge in [0.1, 0.15) is 5.75 Å². The maximum Gasteiger partial charge on any atom is 0.161 e. The molecular formula is C59H66N3O7S2-. The first-order valence-electron chi connectivity index (χ1n) is 25.2. The Bertz CT molecular complexity index is 2790. The van der Waals surface area contributed by atoms with Crippen molar-refractivity contribution in [1.29, 1.82) is 0 Å². The van der Waals surface area contributed by atoms with Crippen molar-refractivity contribution >= 4 is 33.1 Å². The van der Waals surface area contributed by atoms with Gasteiger partial charge in [-0.2, -0.15) is 0 Å². The molecule has 0 unspecified atom stereocenters. The molecule has 10 nitrogen and oxygen atoms in total. The Morgan fingerprint density at radius 3 is 2.56 bits per heavy atom. The van der Waals surface area contributed by atoms with Gasteiger partial charge >= 0.3 is 0 Å². The van der Waals surface area contributed by atoms with Gasteiger partial charge in [0, 0.05) is 53.0 Å². The van der Waals surface area contributed by atoms with Crippen molar-refractivity contribution in [2.45, 2.75) is 120 Å². The first kappa shape index (κ1) is 50.7. The molecule has 2 heterocycles. The fraction of sp³-hybridized carbons (Fsp3) is 0.424. The second-order valence-corrected chi connectivity index (χ2v) is 23.1. The molecule has 12 heteroatoms. The molecule has 9 rings (SSSR count).